The lowest BCUT2D eigenvalue weighted by Crippen LogP contribution is -2.29. The first-order chi connectivity index (χ1) is 7.25. The number of hydrogen-bond acceptors (Lipinski definition) is 2. The van der Waals surface area contributed by atoms with Gasteiger partial charge in [-0.15, -0.1) is 0 Å². The first-order valence-electron chi connectivity index (χ1n) is 5.18. The fourth-order valence-electron chi connectivity index (χ4n) is 1.78. The number of halogens is 2. The third-order valence-corrected chi connectivity index (χ3v) is 3.24. The highest BCUT2D eigenvalue weighted by atomic mass is 79.9. The number of rotatable bonds is 3. The van der Waals surface area contributed by atoms with Crippen LogP contribution in [0.1, 0.15) is 12.8 Å². The van der Waals surface area contributed by atoms with Crippen molar-refractivity contribution in [2.75, 3.05) is 18.4 Å². The smallest absolute Gasteiger partial charge is 0.137 e. The Kier molecular flexibility index (Phi) is 3.59. The van der Waals surface area contributed by atoms with E-state index in [9.17, 15) is 4.39 Å². The summed E-state index contributed by atoms with van der Waals surface area (Å²) in [7, 11) is 0. The molecular weight excluding hydrogens is 259 g/mol. The monoisotopic (exact) mass is 272 g/mol. The fourth-order valence-corrected chi connectivity index (χ4v) is 2.16. The molecule has 0 spiro atoms. The van der Waals surface area contributed by atoms with Crippen LogP contribution in [0.4, 0.5) is 10.1 Å². The zero-order valence-electron chi connectivity index (χ0n) is 8.39. The molecule has 1 unspecified atom stereocenters. The molecule has 1 aromatic carbocycles. The fraction of sp³-hybridized carbons (Fsp3) is 0.455. The summed E-state index contributed by atoms with van der Waals surface area (Å²) in [6.07, 6.45) is 2.47. The first-order valence-corrected chi connectivity index (χ1v) is 5.97. The van der Waals surface area contributed by atoms with E-state index in [-0.39, 0.29) is 5.82 Å². The summed E-state index contributed by atoms with van der Waals surface area (Å²) in [4.78, 5) is 0. The molecule has 4 heteroatoms. The molecule has 1 aromatic rings. The molecule has 82 valence electrons. The normalized spacial score (nSPS) is 20.5. The zero-order valence-corrected chi connectivity index (χ0v) is 9.98. The summed E-state index contributed by atoms with van der Waals surface area (Å²) in [5, 5.41) is 6.70. The molecule has 1 heterocycles. The van der Waals surface area contributed by atoms with E-state index in [1.165, 1.54) is 18.9 Å². The van der Waals surface area contributed by atoms with Crippen molar-refractivity contribution in [2.45, 2.75) is 18.9 Å². The summed E-state index contributed by atoms with van der Waals surface area (Å²) in [6, 6.07) is 5.54. The van der Waals surface area contributed by atoms with Gasteiger partial charge in [0.05, 0.1) is 4.47 Å². The highest BCUT2D eigenvalue weighted by molar-refractivity contribution is 9.10. The number of nitrogens with one attached hydrogen (secondary N) is 2. The summed E-state index contributed by atoms with van der Waals surface area (Å²) in [5.41, 5.74) is 0.956. The average molecular weight is 273 g/mol. The first kappa shape index (κ1) is 10.9. The van der Waals surface area contributed by atoms with E-state index >= 15 is 0 Å². The van der Waals surface area contributed by atoms with Crippen LogP contribution in [0.15, 0.2) is 22.7 Å². The van der Waals surface area contributed by atoms with Crippen molar-refractivity contribution in [1.29, 1.82) is 0 Å². The van der Waals surface area contributed by atoms with E-state index in [4.69, 9.17) is 0 Å². The number of benzene rings is 1. The minimum Gasteiger partial charge on any atom is -0.383 e. The van der Waals surface area contributed by atoms with Gasteiger partial charge in [-0.1, -0.05) is 0 Å². The van der Waals surface area contributed by atoms with Gasteiger partial charge < -0.3 is 10.6 Å². The van der Waals surface area contributed by atoms with Gasteiger partial charge in [0, 0.05) is 18.3 Å². The van der Waals surface area contributed by atoms with Crippen molar-refractivity contribution in [3.63, 3.8) is 0 Å². The SMILES string of the molecule is Fc1ccc(NCC2CCCN2)cc1Br. The van der Waals surface area contributed by atoms with Crippen LogP contribution in [0.3, 0.4) is 0 Å². The Bertz CT molecular complexity index is 337. The Hall–Kier alpha value is -0.610. The molecule has 1 aliphatic rings. The quantitative estimate of drug-likeness (QED) is 0.884. The Morgan fingerprint density at radius 1 is 1.53 bits per heavy atom. The maximum absolute atomic E-state index is 13.0. The second kappa shape index (κ2) is 4.94. The van der Waals surface area contributed by atoms with Gasteiger partial charge in [0.15, 0.2) is 0 Å². The Morgan fingerprint density at radius 3 is 3.07 bits per heavy atom. The predicted octanol–water partition coefficient (Wildman–Crippen LogP) is 2.75. The molecule has 0 amide bonds. The molecular formula is C11H14BrFN2. The third-order valence-electron chi connectivity index (χ3n) is 2.63. The van der Waals surface area contributed by atoms with Gasteiger partial charge in [0.1, 0.15) is 5.82 Å². The third kappa shape index (κ3) is 2.92. The zero-order chi connectivity index (χ0) is 10.7. The van der Waals surface area contributed by atoms with Gasteiger partial charge in [-0.25, -0.2) is 4.39 Å². The molecule has 0 radical (unpaired) electrons. The van der Waals surface area contributed by atoms with E-state index in [1.807, 2.05) is 0 Å². The van der Waals surface area contributed by atoms with Crippen LogP contribution in [-0.4, -0.2) is 19.1 Å². The lowest BCUT2D eigenvalue weighted by molar-refractivity contribution is 0.620. The summed E-state index contributed by atoms with van der Waals surface area (Å²) in [6.45, 7) is 2.01. The maximum atomic E-state index is 13.0. The van der Waals surface area contributed by atoms with Crippen molar-refractivity contribution in [3.05, 3.63) is 28.5 Å². The molecule has 1 atom stereocenters. The van der Waals surface area contributed by atoms with E-state index < -0.39 is 0 Å². The van der Waals surface area contributed by atoms with Crippen LogP contribution in [0.25, 0.3) is 0 Å². The second-order valence-corrected chi connectivity index (χ2v) is 4.66. The van der Waals surface area contributed by atoms with Gasteiger partial charge in [-0.2, -0.15) is 0 Å². The topological polar surface area (TPSA) is 24.1 Å². The number of anilines is 1. The molecule has 0 aromatic heterocycles. The van der Waals surface area contributed by atoms with Gasteiger partial charge in [0.2, 0.25) is 0 Å². The molecule has 0 bridgehead atoms. The van der Waals surface area contributed by atoms with Crippen LogP contribution < -0.4 is 10.6 Å². The average Bonchev–Trinajstić information content (AvgIpc) is 2.73. The lowest BCUT2D eigenvalue weighted by atomic mass is 10.2. The van der Waals surface area contributed by atoms with E-state index in [0.29, 0.717) is 10.5 Å². The van der Waals surface area contributed by atoms with Gasteiger partial charge in [-0.3, -0.25) is 0 Å². The van der Waals surface area contributed by atoms with Gasteiger partial charge >= 0.3 is 0 Å². The molecule has 1 aliphatic heterocycles. The highest BCUT2D eigenvalue weighted by Crippen LogP contribution is 2.20. The molecule has 0 saturated carbocycles. The maximum Gasteiger partial charge on any atom is 0.137 e. The van der Waals surface area contributed by atoms with Crippen LogP contribution in [0.5, 0.6) is 0 Å². The van der Waals surface area contributed by atoms with Crippen molar-refractivity contribution < 1.29 is 4.39 Å². The molecule has 15 heavy (non-hydrogen) atoms. The minimum atomic E-state index is -0.223. The van der Waals surface area contributed by atoms with Crippen molar-refractivity contribution in [1.82, 2.24) is 5.32 Å². The molecule has 1 fully saturated rings. The molecule has 2 N–H and O–H groups in total. The molecule has 1 saturated heterocycles. The summed E-state index contributed by atoms with van der Waals surface area (Å²) < 4.78 is 13.5. The number of hydrogen-bond donors (Lipinski definition) is 2. The Morgan fingerprint density at radius 2 is 2.40 bits per heavy atom. The Labute approximate surface area is 97.4 Å². The van der Waals surface area contributed by atoms with Crippen molar-refractivity contribution in [3.8, 4) is 0 Å². The van der Waals surface area contributed by atoms with Crippen molar-refractivity contribution in [2.24, 2.45) is 0 Å². The summed E-state index contributed by atoms with van der Waals surface area (Å²) in [5.74, 6) is -0.223. The standard InChI is InChI=1S/C11H14BrFN2/c12-10-6-8(3-4-11(10)13)15-7-9-2-1-5-14-9/h3-4,6,9,14-15H,1-2,5,7H2. The highest BCUT2D eigenvalue weighted by Gasteiger charge is 2.13. The molecule has 2 nitrogen and oxygen atoms in total. The van der Waals surface area contributed by atoms with Crippen LogP contribution in [-0.2, 0) is 0 Å². The van der Waals surface area contributed by atoms with Gasteiger partial charge in [0.25, 0.3) is 0 Å². The summed E-state index contributed by atoms with van der Waals surface area (Å²) >= 11 is 3.17. The molecule has 2 rings (SSSR count). The second-order valence-electron chi connectivity index (χ2n) is 3.80. The predicted molar refractivity (Wildman–Crippen MR) is 63.6 cm³/mol. The van der Waals surface area contributed by atoms with Crippen LogP contribution >= 0.6 is 15.9 Å². The molecule has 0 aliphatic carbocycles. The van der Waals surface area contributed by atoms with E-state index in [1.54, 1.807) is 12.1 Å². The van der Waals surface area contributed by atoms with Crippen molar-refractivity contribution >= 4 is 21.6 Å². The lowest BCUT2D eigenvalue weighted by Gasteiger charge is -2.12. The largest absolute Gasteiger partial charge is 0.383 e. The van der Waals surface area contributed by atoms with Crippen LogP contribution in [0, 0.1) is 5.82 Å². The minimum absolute atomic E-state index is 0.223. The van der Waals surface area contributed by atoms with Crippen LogP contribution in [0.2, 0.25) is 0 Å². The van der Waals surface area contributed by atoms with E-state index in [2.05, 4.69) is 26.6 Å². The van der Waals surface area contributed by atoms with E-state index in [0.717, 1.165) is 18.8 Å². The van der Waals surface area contributed by atoms with Gasteiger partial charge in [-0.05, 0) is 53.5 Å². The Balaban J connectivity index is 1.90.